The molecule has 8 N–H and O–H groups in total. The third kappa shape index (κ3) is 6.89. The van der Waals surface area contributed by atoms with Gasteiger partial charge in [-0.2, -0.15) is 0 Å². The molecule has 0 aromatic heterocycles. The standard InChI is InChI=1S/C50H62N8O9/c1-47(2)39(41(51)59)29-9-13-31(14-10-29)49(47,43(61)53-45(63)64)56-23-5-7-35(56)37-21-22-38(58(37)34-19-17-33(18-20-34)55-25-27-67-28-26-55)36-8-6-24-57(36)50(44(62)54-46(65)66)32-15-11-30(12-16-32)40(42(52)60)48(50,3)4/h9-20,35-40H,5-8,21-28H2,1-4H3,(H2,51,59)(H2,52,60)(H,53,61)(H,54,62)(H,63,64)(H,65,66)/t35?,36?,37-,38-,39?,40?,49+,50+/m1/s1. The summed E-state index contributed by atoms with van der Waals surface area (Å²) in [5.74, 6) is -4.65. The van der Waals surface area contributed by atoms with E-state index >= 15 is 9.59 Å². The predicted octanol–water partition coefficient (Wildman–Crippen LogP) is 4.39. The van der Waals surface area contributed by atoms with Gasteiger partial charge in [-0.3, -0.25) is 39.6 Å². The monoisotopic (exact) mass is 918 g/mol. The summed E-state index contributed by atoms with van der Waals surface area (Å²) in [5, 5.41) is 24.8. The SMILES string of the molecule is CC1(C)C(C(N)=O)c2ccc(cc2)[C@@]1(C(=O)NC(=O)O)N1CCCC1[C@H]1CC[C@H](C2CCCN2[C@]2(C(=O)NC(=O)O)c3ccc(cc3)C(C(N)=O)C2(C)C)N1c1ccc(N2CCOCC2)cc1. The summed E-state index contributed by atoms with van der Waals surface area (Å²) in [5.41, 5.74) is 11.0. The quantitative estimate of drug-likeness (QED) is 0.166. The summed E-state index contributed by atoms with van der Waals surface area (Å²) in [6, 6.07) is 21.7. The van der Waals surface area contributed by atoms with Gasteiger partial charge in [0, 0.05) is 59.5 Å². The minimum Gasteiger partial charge on any atom is -0.465 e. The van der Waals surface area contributed by atoms with Gasteiger partial charge >= 0.3 is 12.2 Å². The number of nitrogens with one attached hydrogen (secondary N) is 2. The maximum Gasteiger partial charge on any atom is 0.411 e. The summed E-state index contributed by atoms with van der Waals surface area (Å²) < 4.78 is 5.65. The van der Waals surface area contributed by atoms with E-state index in [1.165, 1.54) is 0 Å². The number of amides is 6. The first-order valence-corrected chi connectivity index (χ1v) is 23.5. The van der Waals surface area contributed by atoms with E-state index < -0.39 is 69.6 Å². The highest BCUT2D eigenvalue weighted by molar-refractivity contribution is 6.01. The van der Waals surface area contributed by atoms with Crippen LogP contribution in [0.25, 0.3) is 0 Å². The second-order valence-corrected chi connectivity index (χ2v) is 20.3. The predicted molar refractivity (Wildman–Crippen MR) is 248 cm³/mol. The first-order valence-electron chi connectivity index (χ1n) is 23.5. The highest BCUT2D eigenvalue weighted by Gasteiger charge is 2.67. The van der Waals surface area contributed by atoms with Crippen molar-refractivity contribution in [1.29, 1.82) is 0 Å². The fourth-order valence-corrected chi connectivity index (χ4v) is 14.3. The third-order valence-corrected chi connectivity index (χ3v) is 16.6. The molecule has 17 heteroatoms. The number of hydrogen-bond acceptors (Lipinski definition) is 11. The number of nitrogens with two attached hydrogens (primary N) is 2. The summed E-state index contributed by atoms with van der Waals surface area (Å²) in [4.78, 5) is 91.3. The lowest BCUT2D eigenvalue weighted by Crippen LogP contribution is -2.70. The number of rotatable bonds is 10. The van der Waals surface area contributed by atoms with Crippen LogP contribution in [-0.4, -0.2) is 119 Å². The van der Waals surface area contributed by atoms with Gasteiger partial charge in [0.15, 0.2) is 0 Å². The van der Waals surface area contributed by atoms with E-state index in [4.69, 9.17) is 16.2 Å². The molecular weight excluding hydrogens is 857 g/mol. The number of ether oxygens (including phenoxy) is 1. The molecule has 6 amide bonds. The van der Waals surface area contributed by atoms with Gasteiger partial charge in [0.2, 0.25) is 11.8 Å². The largest absolute Gasteiger partial charge is 0.465 e. The molecule has 3 aromatic carbocycles. The molecule has 3 aromatic rings. The van der Waals surface area contributed by atoms with Crippen molar-refractivity contribution in [3.8, 4) is 0 Å². The molecule has 17 nitrogen and oxygen atoms in total. The van der Waals surface area contributed by atoms with Gasteiger partial charge < -0.3 is 36.2 Å². The molecule has 4 aliphatic heterocycles. The van der Waals surface area contributed by atoms with E-state index in [0.717, 1.165) is 24.5 Å². The molecule has 4 aliphatic carbocycles. The van der Waals surface area contributed by atoms with Crippen LogP contribution in [0.2, 0.25) is 0 Å². The molecule has 0 spiro atoms. The Hall–Kier alpha value is -6.04. The van der Waals surface area contributed by atoms with Crippen LogP contribution in [0.5, 0.6) is 0 Å². The van der Waals surface area contributed by atoms with Gasteiger partial charge in [-0.15, -0.1) is 0 Å². The fourth-order valence-electron chi connectivity index (χ4n) is 14.3. The Bertz CT molecular complexity index is 2320. The number of morpholine rings is 1. The third-order valence-electron chi connectivity index (χ3n) is 16.6. The Morgan fingerprint density at radius 3 is 1.31 bits per heavy atom. The van der Waals surface area contributed by atoms with Gasteiger partial charge in [0.05, 0.1) is 25.0 Å². The van der Waals surface area contributed by atoms with E-state index in [1.54, 1.807) is 24.3 Å². The zero-order chi connectivity index (χ0) is 47.8. The number of benzene rings is 3. The molecule has 11 rings (SSSR count). The molecule has 4 unspecified atom stereocenters. The van der Waals surface area contributed by atoms with Gasteiger partial charge in [-0.25, -0.2) is 9.59 Å². The molecule has 0 saturated carbocycles. The van der Waals surface area contributed by atoms with E-state index in [2.05, 4.69) is 54.5 Å². The van der Waals surface area contributed by atoms with Crippen LogP contribution in [0, 0.1) is 10.8 Å². The highest BCUT2D eigenvalue weighted by Crippen LogP contribution is 2.60. The summed E-state index contributed by atoms with van der Waals surface area (Å²) in [7, 11) is 0. The maximum atomic E-state index is 15.1. The van der Waals surface area contributed by atoms with Crippen molar-refractivity contribution in [2.45, 2.75) is 113 Å². The van der Waals surface area contributed by atoms with Gasteiger partial charge in [-0.1, -0.05) is 76.2 Å². The van der Waals surface area contributed by atoms with Crippen molar-refractivity contribution in [2.24, 2.45) is 22.3 Å². The van der Waals surface area contributed by atoms with Crippen molar-refractivity contribution in [3.05, 3.63) is 95.1 Å². The maximum absolute atomic E-state index is 15.1. The lowest BCUT2D eigenvalue weighted by Gasteiger charge is -2.56. The second-order valence-electron chi connectivity index (χ2n) is 20.3. The minimum atomic E-state index is -1.67. The van der Waals surface area contributed by atoms with Crippen LogP contribution in [0.15, 0.2) is 72.8 Å². The smallest absolute Gasteiger partial charge is 0.411 e. The first kappa shape index (κ1) is 46.1. The van der Waals surface area contributed by atoms with Gasteiger partial charge in [-0.05, 0) is 98.1 Å². The number of imide groups is 2. The number of carbonyl (C=O) groups excluding carboxylic acids is 4. The molecule has 0 radical (unpaired) electrons. The number of primary amides is 2. The fraction of sp³-hybridized carbons (Fsp3) is 0.520. The normalized spacial score (nSPS) is 31.0. The van der Waals surface area contributed by atoms with Crippen molar-refractivity contribution < 1.29 is 43.7 Å². The average molecular weight is 919 g/mol. The van der Waals surface area contributed by atoms with E-state index in [0.29, 0.717) is 87.1 Å². The Morgan fingerprint density at radius 1 is 0.552 bits per heavy atom. The molecule has 4 fully saturated rings. The number of hydrogen-bond donors (Lipinski definition) is 6. The molecule has 67 heavy (non-hydrogen) atoms. The molecule has 4 bridgehead atoms. The van der Waals surface area contributed by atoms with E-state index in [9.17, 15) is 29.4 Å². The van der Waals surface area contributed by atoms with E-state index in [1.807, 2.05) is 52.0 Å². The average Bonchev–Trinajstić information content (AvgIpc) is 4.01. The lowest BCUT2D eigenvalue weighted by atomic mass is 9.60. The number of likely N-dealkylation sites (tertiary alicyclic amines) is 2. The first-order chi connectivity index (χ1) is 31.9. The van der Waals surface area contributed by atoms with Gasteiger partial charge in [0.1, 0.15) is 11.1 Å². The Balaban J connectivity index is 1.20. The Labute approximate surface area is 390 Å². The topological polar surface area (TPSA) is 241 Å². The van der Waals surface area contributed by atoms with Crippen molar-refractivity contribution in [2.75, 3.05) is 49.2 Å². The Kier molecular flexibility index (Phi) is 11.6. The van der Waals surface area contributed by atoms with Crippen molar-refractivity contribution in [1.82, 2.24) is 20.4 Å². The zero-order valence-corrected chi connectivity index (χ0v) is 38.6. The summed E-state index contributed by atoms with van der Waals surface area (Å²) >= 11 is 0. The van der Waals surface area contributed by atoms with Crippen LogP contribution >= 0.6 is 0 Å². The lowest BCUT2D eigenvalue weighted by molar-refractivity contribution is -0.150. The number of fused-ring (bicyclic) bond motifs is 8. The zero-order valence-electron chi connectivity index (χ0n) is 38.6. The summed E-state index contributed by atoms with van der Waals surface area (Å²) in [6.45, 7) is 10.9. The molecule has 4 heterocycles. The van der Waals surface area contributed by atoms with Crippen LogP contribution < -0.4 is 31.9 Å². The van der Waals surface area contributed by atoms with Crippen LogP contribution in [0.4, 0.5) is 21.0 Å². The highest BCUT2D eigenvalue weighted by atomic mass is 16.5. The van der Waals surface area contributed by atoms with Crippen LogP contribution in [0.1, 0.15) is 100 Å². The molecule has 4 saturated heterocycles. The number of carbonyl (C=O) groups is 6. The molecule has 8 aliphatic rings. The number of anilines is 2. The summed E-state index contributed by atoms with van der Waals surface area (Å²) in [6.07, 6.45) is 0.928. The molecule has 356 valence electrons. The van der Waals surface area contributed by atoms with Crippen LogP contribution in [0.3, 0.4) is 0 Å². The minimum absolute atomic E-state index is 0.272. The van der Waals surface area contributed by atoms with E-state index in [-0.39, 0.29) is 24.2 Å². The van der Waals surface area contributed by atoms with Crippen LogP contribution in [-0.2, 0) is 35.0 Å². The van der Waals surface area contributed by atoms with Crippen molar-refractivity contribution in [3.63, 3.8) is 0 Å². The number of carboxylic acid groups (broad SMARTS) is 2. The second kappa shape index (κ2) is 16.9. The van der Waals surface area contributed by atoms with Crippen molar-refractivity contribution >= 4 is 47.2 Å². The number of nitrogens with zero attached hydrogens (tertiary/aromatic N) is 4. The van der Waals surface area contributed by atoms with Gasteiger partial charge in [0.25, 0.3) is 11.8 Å². The molecule has 8 atom stereocenters. The molecular formula is C50H62N8O9. The Morgan fingerprint density at radius 2 is 0.940 bits per heavy atom.